The van der Waals surface area contributed by atoms with Crippen molar-refractivity contribution in [3.63, 3.8) is 0 Å². The number of carboxylic acids is 1. The second-order valence-corrected chi connectivity index (χ2v) is 4.95. The average molecular weight is 317 g/mol. The summed E-state index contributed by atoms with van der Waals surface area (Å²) in [5.74, 6) is -0.899. The van der Waals surface area contributed by atoms with E-state index in [0.29, 0.717) is 11.6 Å². The first kappa shape index (κ1) is 16.8. The molecule has 0 aliphatic heterocycles. The van der Waals surface area contributed by atoms with Crippen molar-refractivity contribution in [2.45, 2.75) is 38.1 Å². The Labute approximate surface area is 130 Å². The fourth-order valence-electron chi connectivity index (χ4n) is 2.81. The number of fused-ring (bicyclic) bond motifs is 1. The Morgan fingerprint density at radius 3 is 2.55 bits per heavy atom. The minimum atomic E-state index is -0.899. The predicted octanol–water partition coefficient (Wildman–Crippen LogP) is 4.08. The van der Waals surface area contributed by atoms with Crippen molar-refractivity contribution in [1.29, 1.82) is 0 Å². The number of aromatic carboxylic acids is 1. The summed E-state index contributed by atoms with van der Waals surface area (Å²) in [6.45, 7) is 0. The van der Waals surface area contributed by atoms with Gasteiger partial charge in [0, 0.05) is 6.04 Å². The van der Waals surface area contributed by atoms with E-state index < -0.39 is 5.97 Å². The summed E-state index contributed by atoms with van der Waals surface area (Å²) in [7, 11) is 0. The third-order valence-corrected chi connectivity index (χ3v) is 3.79. The van der Waals surface area contributed by atoms with Crippen molar-refractivity contribution in [3.05, 3.63) is 30.1 Å². The molecular formula is C14H18Cl2N2O2. The van der Waals surface area contributed by atoms with E-state index in [4.69, 9.17) is 5.11 Å². The Bertz CT molecular complexity index is 592. The highest BCUT2D eigenvalue weighted by atomic mass is 35.5. The van der Waals surface area contributed by atoms with E-state index in [1.807, 2.05) is 12.4 Å². The number of aromatic nitrogens is 2. The van der Waals surface area contributed by atoms with E-state index in [0.717, 1.165) is 11.0 Å². The van der Waals surface area contributed by atoms with Crippen LogP contribution in [0.25, 0.3) is 11.0 Å². The maximum Gasteiger partial charge on any atom is 0.335 e. The highest BCUT2D eigenvalue weighted by Crippen LogP contribution is 2.30. The molecule has 0 saturated heterocycles. The maximum atomic E-state index is 10.9. The van der Waals surface area contributed by atoms with Gasteiger partial charge in [0.25, 0.3) is 0 Å². The zero-order valence-corrected chi connectivity index (χ0v) is 12.6. The van der Waals surface area contributed by atoms with E-state index in [2.05, 4.69) is 9.55 Å². The molecule has 4 nitrogen and oxygen atoms in total. The van der Waals surface area contributed by atoms with Gasteiger partial charge in [-0.1, -0.05) is 19.3 Å². The topological polar surface area (TPSA) is 55.1 Å². The van der Waals surface area contributed by atoms with Gasteiger partial charge >= 0.3 is 5.97 Å². The van der Waals surface area contributed by atoms with Crippen LogP contribution in [0.15, 0.2) is 24.5 Å². The Morgan fingerprint density at radius 2 is 1.90 bits per heavy atom. The molecule has 1 saturated carbocycles. The quantitative estimate of drug-likeness (QED) is 0.908. The van der Waals surface area contributed by atoms with Gasteiger partial charge in [0.05, 0.1) is 22.9 Å². The Morgan fingerprint density at radius 1 is 1.20 bits per heavy atom. The van der Waals surface area contributed by atoms with Gasteiger partial charge in [-0.15, -0.1) is 24.8 Å². The largest absolute Gasteiger partial charge is 0.478 e. The van der Waals surface area contributed by atoms with E-state index in [1.165, 1.54) is 32.1 Å². The van der Waals surface area contributed by atoms with Crippen LogP contribution in [0.1, 0.15) is 48.5 Å². The molecular weight excluding hydrogens is 299 g/mol. The Hall–Kier alpha value is -1.26. The first-order valence-electron chi connectivity index (χ1n) is 6.45. The lowest BCUT2D eigenvalue weighted by atomic mass is 9.95. The number of benzene rings is 1. The highest BCUT2D eigenvalue weighted by Gasteiger charge is 2.17. The molecule has 1 N–H and O–H groups in total. The van der Waals surface area contributed by atoms with Gasteiger partial charge in [-0.2, -0.15) is 0 Å². The third kappa shape index (κ3) is 3.07. The summed E-state index contributed by atoms with van der Waals surface area (Å²) in [6.07, 6.45) is 8.13. The van der Waals surface area contributed by atoms with Crippen LogP contribution in [-0.4, -0.2) is 20.6 Å². The number of imidazole rings is 1. The van der Waals surface area contributed by atoms with Crippen molar-refractivity contribution in [2.24, 2.45) is 0 Å². The van der Waals surface area contributed by atoms with Crippen LogP contribution in [0.3, 0.4) is 0 Å². The molecule has 1 fully saturated rings. The molecule has 1 aromatic heterocycles. The minimum Gasteiger partial charge on any atom is -0.478 e. The normalized spacial score (nSPS) is 15.4. The SMILES string of the molecule is Cl.Cl.O=C(O)c1ccc2c(c1)ncn2C1CCCCC1. The number of carbonyl (C=O) groups is 1. The molecule has 2 aromatic rings. The highest BCUT2D eigenvalue weighted by molar-refractivity contribution is 5.92. The van der Waals surface area contributed by atoms with Gasteiger partial charge in [0.2, 0.25) is 0 Å². The summed E-state index contributed by atoms with van der Waals surface area (Å²) in [6, 6.07) is 5.71. The molecule has 0 unspecified atom stereocenters. The van der Waals surface area contributed by atoms with Crippen molar-refractivity contribution in [3.8, 4) is 0 Å². The number of nitrogens with zero attached hydrogens (tertiary/aromatic N) is 2. The molecule has 1 aliphatic rings. The standard InChI is InChI=1S/C14H16N2O2.2ClH/c17-14(18)10-6-7-13-12(8-10)15-9-16(13)11-4-2-1-3-5-11;;/h6-9,11H,1-5H2,(H,17,18);2*1H. The second-order valence-electron chi connectivity index (χ2n) is 4.95. The van der Waals surface area contributed by atoms with E-state index in [9.17, 15) is 4.79 Å². The first-order valence-corrected chi connectivity index (χ1v) is 6.45. The zero-order chi connectivity index (χ0) is 12.5. The van der Waals surface area contributed by atoms with Crippen LogP contribution in [0.5, 0.6) is 0 Å². The van der Waals surface area contributed by atoms with Gasteiger partial charge in [-0.25, -0.2) is 9.78 Å². The number of hydrogen-bond donors (Lipinski definition) is 1. The fourth-order valence-corrected chi connectivity index (χ4v) is 2.81. The van der Waals surface area contributed by atoms with Crippen LogP contribution >= 0.6 is 24.8 Å². The summed E-state index contributed by atoms with van der Waals surface area (Å²) in [4.78, 5) is 15.3. The first-order chi connectivity index (χ1) is 8.75. The van der Waals surface area contributed by atoms with Gasteiger partial charge in [-0.05, 0) is 31.0 Å². The molecule has 0 bridgehead atoms. The Balaban J connectivity index is 0.000001000. The number of halogens is 2. The van der Waals surface area contributed by atoms with Crippen LogP contribution < -0.4 is 0 Å². The Kier molecular flexibility index (Phi) is 5.84. The molecule has 0 amide bonds. The maximum absolute atomic E-state index is 10.9. The van der Waals surface area contributed by atoms with Crippen molar-refractivity contribution in [2.75, 3.05) is 0 Å². The van der Waals surface area contributed by atoms with Crippen LogP contribution in [-0.2, 0) is 0 Å². The molecule has 0 radical (unpaired) electrons. The molecule has 1 aromatic carbocycles. The molecule has 3 rings (SSSR count). The predicted molar refractivity (Wildman–Crippen MR) is 83.3 cm³/mol. The lowest BCUT2D eigenvalue weighted by Gasteiger charge is -2.23. The molecule has 0 atom stereocenters. The number of rotatable bonds is 2. The third-order valence-electron chi connectivity index (χ3n) is 3.79. The molecule has 1 heterocycles. The monoisotopic (exact) mass is 316 g/mol. The summed E-state index contributed by atoms with van der Waals surface area (Å²) < 4.78 is 2.21. The molecule has 6 heteroatoms. The average Bonchev–Trinajstić information content (AvgIpc) is 2.82. The van der Waals surface area contributed by atoms with Crippen LogP contribution in [0.4, 0.5) is 0 Å². The van der Waals surface area contributed by atoms with E-state index in [-0.39, 0.29) is 24.8 Å². The molecule has 110 valence electrons. The molecule has 0 spiro atoms. The van der Waals surface area contributed by atoms with E-state index in [1.54, 1.807) is 12.1 Å². The minimum absolute atomic E-state index is 0. The van der Waals surface area contributed by atoms with Crippen molar-refractivity contribution < 1.29 is 9.90 Å². The number of carboxylic acid groups (broad SMARTS) is 1. The van der Waals surface area contributed by atoms with Gasteiger partial charge in [-0.3, -0.25) is 0 Å². The summed E-state index contributed by atoms with van der Waals surface area (Å²) in [5, 5.41) is 8.97. The van der Waals surface area contributed by atoms with Crippen LogP contribution in [0, 0.1) is 0 Å². The summed E-state index contributed by atoms with van der Waals surface area (Å²) in [5.41, 5.74) is 2.13. The lowest BCUT2D eigenvalue weighted by molar-refractivity contribution is 0.0697. The fraction of sp³-hybridized carbons (Fsp3) is 0.429. The van der Waals surface area contributed by atoms with Gasteiger partial charge < -0.3 is 9.67 Å². The smallest absolute Gasteiger partial charge is 0.335 e. The molecule has 1 aliphatic carbocycles. The number of hydrogen-bond acceptors (Lipinski definition) is 2. The lowest BCUT2D eigenvalue weighted by Crippen LogP contribution is -2.11. The molecule has 20 heavy (non-hydrogen) atoms. The van der Waals surface area contributed by atoms with Gasteiger partial charge in [0.1, 0.15) is 0 Å². The van der Waals surface area contributed by atoms with Gasteiger partial charge in [0.15, 0.2) is 0 Å². The second kappa shape index (κ2) is 6.95. The van der Waals surface area contributed by atoms with Crippen LogP contribution in [0.2, 0.25) is 0 Å². The van der Waals surface area contributed by atoms with Crippen molar-refractivity contribution in [1.82, 2.24) is 9.55 Å². The van der Waals surface area contributed by atoms with E-state index >= 15 is 0 Å². The summed E-state index contributed by atoms with van der Waals surface area (Å²) >= 11 is 0. The zero-order valence-electron chi connectivity index (χ0n) is 11.0. The van der Waals surface area contributed by atoms with Crippen molar-refractivity contribution >= 4 is 41.8 Å².